The lowest BCUT2D eigenvalue weighted by atomic mass is 9.90. The van der Waals surface area contributed by atoms with Crippen molar-refractivity contribution in [3.63, 3.8) is 0 Å². The van der Waals surface area contributed by atoms with Gasteiger partial charge in [-0.25, -0.2) is 4.79 Å². The van der Waals surface area contributed by atoms with Gasteiger partial charge < -0.3 is 20.2 Å². The van der Waals surface area contributed by atoms with Gasteiger partial charge in [-0.2, -0.15) is 13.2 Å². The molecule has 1 aromatic carbocycles. The number of benzene rings is 1. The van der Waals surface area contributed by atoms with Crippen LogP contribution in [0.25, 0.3) is 10.9 Å². The van der Waals surface area contributed by atoms with Crippen LogP contribution in [0.1, 0.15) is 5.56 Å². The summed E-state index contributed by atoms with van der Waals surface area (Å²) in [6.07, 6.45) is -3.97. The molecule has 5 nitrogen and oxygen atoms in total. The second-order valence-electron chi connectivity index (χ2n) is 4.41. The first-order valence-corrected chi connectivity index (χ1v) is 5.85. The molecule has 1 aromatic heterocycles. The summed E-state index contributed by atoms with van der Waals surface area (Å²) < 4.78 is 49.3. The molecule has 1 atom stereocenters. The van der Waals surface area contributed by atoms with Crippen LogP contribution < -0.4 is 10.5 Å². The maximum absolute atomic E-state index is 13.3. The van der Waals surface area contributed by atoms with Crippen molar-refractivity contribution in [1.82, 2.24) is 4.98 Å². The lowest BCUT2D eigenvalue weighted by Crippen LogP contribution is -2.57. The van der Waals surface area contributed by atoms with Crippen LogP contribution in [0.2, 0.25) is 0 Å². The number of aromatic nitrogens is 1. The van der Waals surface area contributed by atoms with Crippen LogP contribution in [0.3, 0.4) is 0 Å². The number of halogens is 3. The van der Waals surface area contributed by atoms with Crippen molar-refractivity contribution < 1.29 is 27.4 Å². The molecule has 8 heteroatoms. The third-order valence-corrected chi connectivity index (χ3v) is 3.27. The highest BCUT2D eigenvalue weighted by atomic mass is 19.4. The third-order valence-electron chi connectivity index (χ3n) is 3.27. The van der Waals surface area contributed by atoms with E-state index in [1.54, 1.807) is 6.07 Å². The summed E-state index contributed by atoms with van der Waals surface area (Å²) in [5.41, 5.74) is 2.11. The Morgan fingerprint density at radius 1 is 1.29 bits per heavy atom. The number of esters is 1. The number of H-pyrrole nitrogens is 1. The van der Waals surface area contributed by atoms with Gasteiger partial charge in [0, 0.05) is 22.7 Å². The Kier molecular flexibility index (Phi) is 3.58. The number of hydrogen-bond donors (Lipinski definition) is 2. The molecular formula is C13H13F3N2O3. The van der Waals surface area contributed by atoms with Crippen LogP contribution in [0.4, 0.5) is 13.2 Å². The van der Waals surface area contributed by atoms with Crippen LogP contribution in [0.5, 0.6) is 5.75 Å². The number of methoxy groups -OCH3 is 2. The molecule has 0 aliphatic carbocycles. The van der Waals surface area contributed by atoms with E-state index in [9.17, 15) is 18.0 Å². The first-order chi connectivity index (χ1) is 9.75. The molecule has 2 rings (SSSR count). The summed E-state index contributed by atoms with van der Waals surface area (Å²) in [5.74, 6) is -1.24. The second-order valence-corrected chi connectivity index (χ2v) is 4.41. The van der Waals surface area contributed by atoms with E-state index in [0.29, 0.717) is 11.3 Å². The zero-order valence-electron chi connectivity index (χ0n) is 11.2. The summed E-state index contributed by atoms with van der Waals surface area (Å²) in [5, 5.41) is 0.138. The van der Waals surface area contributed by atoms with Crippen LogP contribution >= 0.6 is 0 Å². The van der Waals surface area contributed by atoms with Crippen molar-refractivity contribution in [2.75, 3.05) is 14.2 Å². The zero-order valence-corrected chi connectivity index (χ0v) is 11.2. The van der Waals surface area contributed by atoms with Crippen molar-refractivity contribution in [3.05, 3.63) is 30.0 Å². The number of rotatable bonds is 3. The highest BCUT2D eigenvalue weighted by Crippen LogP contribution is 2.41. The second kappa shape index (κ2) is 4.96. The predicted octanol–water partition coefficient (Wildman–Crippen LogP) is 2.07. The fourth-order valence-electron chi connectivity index (χ4n) is 2.09. The summed E-state index contributed by atoms with van der Waals surface area (Å²) in [6, 6.07) is 4.48. The number of ether oxygens (including phenoxy) is 2. The van der Waals surface area contributed by atoms with E-state index in [0.717, 1.165) is 13.3 Å². The van der Waals surface area contributed by atoms with E-state index in [2.05, 4.69) is 9.72 Å². The molecule has 0 amide bonds. The lowest BCUT2D eigenvalue weighted by molar-refractivity contribution is -0.206. The maximum Gasteiger partial charge on any atom is 0.421 e. The summed E-state index contributed by atoms with van der Waals surface area (Å²) in [7, 11) is 2.23. The van der Waals surface area contributed by atoms with Crippen molar-refractivity contribution in [2.24, 2.45) is 5.73 Å². The Bertz CT molecular complexity index is 681. The average molecular weight is 302 g/mol. The Hall–Kier alpha value is -2.22. The monoisotopic (exact) mass is 302 g/mol. The molecule has 0 aliphatic rings. The van der Waals surface area contributed by atoms with Crippen LogP contribution in [0, 0.1) is 0 Å². The fraction of sp³-hybridized carbons (Fsp3) is 0.308. The van der Waals surface area contributed by atoms with Gasteiger partial charge in [-0.05, 0) is 18.2 Å². The quantitative estimate of drug-likeness (QED) is 0.851. The van der Waals surface area contributed by atoms with E-state index < -0.39 is 23.2 Å². The third kappa shape index (κ3) is 2.21. The molecule has 2 aromatic rings. The van der Waals surface area contributed by atoms with Crippen LogP contribution in [0.15, 0.2) is 24.4 Å². The zero-order chi connectivity index (χ0) is 15.8. The molecule has 0 saturated heterocycles. The van der Waals surface area contributed by atoms with Crippen molar-refractivity contribution >= 4 is 16.9 Å². The van der Waals surface area contributed by atoms with Crippen molar-refractivity contribution in [2.45, 2.75) is 11.7 Å². The van der Waals surface area contributed by atoms with E-state index in [1.165, 1.54) is 19.2 Å². The van der Waals surface area contributed by atoms with Gasteiger partial charge in [-0.3, -0.25) is 0 Å². The minimum Gasteiger partial charge on any atom is -0.497 e. The van der Waals surface area contributed by atoms with E-state index in [4.69, 9.17) is 10.5 Å². The van der Waals surface area contributed by atoms with Gasteiger partial charge in [0.25, 0.3) is 0 Å². The minimum atomic E-state index is -5.02. The van der Waals surface area contributed by atoms with Gasteiger partial charge in [0.15, 0.2) is 0 Å². The molecule has 0 aliphatic heterocycles. The van der Waals surface area contributed by atoms with Crippen LogP contribution in [-0.4, -0.2) is 31.3 Å². The molecule has 1 unspecified atom stereocenters. The van der Waals surface area contributed by atoms with Gasteiger partial charge in [0.2, 0.25) is 5.54 Å². The SMILES string of the molecule is COC(=O)C(N)(c1c[nH]c2ccc(OC)cc12)C(F)(F)F. The van der Waals surface area contributed by atoms with Gasteiger partial charge in [0.05, 0.1) is 14.2 Å². The van der Waals surface area contributed by atoms with Crippen LogP contribution in [-0.2, 0) is 15.1 Å². The summed E-state index contributed by atoms with van der Waals surface area (Å²) in [4.78, 5) is 14.3. The topological polar surface area (TPSA) is 77.3 Å². The van der Waals surface area contributed by atoms with Gasteiger partial charge in [0.1, 0.15) is 5.75 Å². The number of carbonyl (C=O) groups excluding carboxylic acids is 1. The number of hydrogen-bond acceptors (Lipinski definition) is 4. The molecule has 0 saturated carbocycles. The molecule has 3 N–H and O–H groups in total. The standard InChI is InChI=1S/C13H13F3N2O3/c1-20-7-3-4-10-8(5-7)9(6-18-10)12(17,11(19)21-2)13(14,15)16/h3-6,18H,17H2,1-2H3. The molecule has 0 radical (unpaired) electrons. The van der Waals surface area contributed by atoms with Gasteiger partial charge in [-0.15, -0.1) is 0 Å². The Labute approximate surface area is 117 Å². The lowest BCUT2D eigenvalue weighted by Gasteiger charge is -2.28. The number of carbonyl (C=O) groups is 1. The minimum absolute atomic E-state index is 0.138. The summed E-state index contributed by atoms with van der Waals surface area (Å²) in [6.45, 7) is 0. The molecule has 0 spiro atoms. The number of alkyl halides is 3. The molecule has 21 heavy (non-hydrogen) atoms. The molecule has 0 fully saturated rings. The Morgan fingerprint density at radius 3 is 2.48 bits per heavy atom. The number of fused-ring (bicyclic) bond motifs is 1. The molecule has 1 heterocycles. The maximum atomic E-state index is 13.3. The average Bonchev–Trinajstić information content (AvgIpc) is 2.87. The molecule has 0 bridgehead atoms. The predicted molar refractivity (Wildman–Crippen MR) is 68.8 cm³/mol. The Balaban J connectivity index is 2.74. The van der Waals surface area contributed by atoms with Crippen molar-refractivity contribution in [3.8, 4) is 5.75 Å². The molecular weight excluding hydrogens is 289 g/mol. The van der Waals surface area contributed by atoms with Gasteiger partial charge >= 0.3 is 12.1 Å². The first kappa shape index (κ1) is 15.2. The number of aromatic amines is 1. The largest absolute Gasteiger partial charge is 0.497 e. The Morgan fingerprint density at radius 2 is 1.95 bits per heavy atom. The van der Waals surface area contributed by atoms with Gasteiger partial charge in [-0.1, -0.05) is 0 Å². The highest BCUT2D eigenvalue weighted by Gasteiger charge is 2.61. The number of nitrogens with two attached hydrogens (primary N) is 1. The first-order valence-electron chi connectivity index (χ1n) is 5.85. The number of nitrogens with one attached hydrogen (secondary N) is 1. The van der Waals surface area contributed by atoms with E-state index in [1.807, 2.05) is 0 Å². The fourth-order valence-corrected chi connectivity index (χ4v) is 2.09. The smallest absolute Gasteiger partial charge is 0.421 e. The summed E-state index contributed by atoms with van der Waals surface area (Å²) >= 11 is 0. The normalized spacial score (nSPS) is 14.8. The van der Waals surface area contributed by atoms with E-state index >= 15 is 0 Å². The molecule has 114 valence electrons. The highest BCUT2D eigenvalue weighted by molar-refractivity contribution is 5.93. The van der Waals surface area contributed by atoms with Crippen molar-refractivity contribution in [1.29, 1.82) is 0 Å². The van der Waals surface area contributed by atoms with E-state index in [-0.39, 0.29) is 5.39 Å².